The molecule has 4 rings (SSSR count). The van der Waals surface area contributed by atoms with Gasteiger partial charge in [0, 0.05) is 25.2 Å². The van der Waals surface area contributed by atoms with E-state index < -0.39 is 0 Å². The summed E-state index contributed by atoms with van der Waals surface area (Å²) in [7, 11) is 3.22. The Morgan fingerprint density at radius 2 is 1.77 bits per heavy atom. The van der Waals surface area contributed by atoms with Gasteiger partial charge in [0.15, 0.2) is 17.1 Å². The molecule has 2 aromatic heterocycles. The van der Waals surface area contributed by atoms with E-state index in [9.17, 15) is 4.79 Å². The first kappa shape index (κ1) is 19.6. The third kappa shape index (κ3) is 4.03. The smallest absolute Gasteiger partial charge is 0.268 e. The van der Waals surface area contributed by atoms with E-state index >= 15 is 0 Å². The molecule has 2 aromatic carbocycles. The van der Waals surface area contributed by atoms with Gasteiger partial charge in [0.05, 0.1) is 26.0 Å². The highest BCUT2D eigenvalue weighted by Crippen LogP contribution is 2.27. The first-order valence-corrected chi connectivity index (χ1v) is 9.79. The number of rotatable bonds is 8. The van der Waals surface area contributed by atoms with Gasteiger partial charge in [0.1, 0.15) is 5.69 Å². The Morgan fingerprint density at radius 3 is 2.53 bits per heavy atom. The van der Waals surface area contributed by atoms with E-state index in [1.165, 1.54) is 0 Å². The highest BCUT2D eigenvalue weighted by molar-refractivity contribution is 5.97. The van der Waals surface area contributed by atoms with Crippen molar-refractivity contribution < 1.29 is 18.7 Å². The topological polar surface area (TPSA) is 65.6 Å². The van der Waals surface area contributed by atoms with Crippen LogP contribution in [0.15, 0.2) is 71.3 Å². The van der Waals surface area contributed by atoms with E-state index in [0.717, 1.165) is 16.6 Å². The highest BCUT2D eigenvalue weighted by atomic mass is 16.5. The SMILES string of the molecule is COc1ccc(CCNC(=O)c2cc3occc3n2Cc2ccccc2)cc1OC. The zero-order valence-electron chi connectivity index (χ0n) is 17.1. The fourth-order valence-corrected chi connectivity index (χ4v) is 3.55. The monoisotopic (exact) mass is 404 g/mol. The van der Waals surface area contributed by atoms with Crippen molar-refractivity contribution in [2.75, 3.05) is 20.8 Å². The Morgan fingerprint density at radius 1 is 0.967 bits per heavy atom. The quantitative estimate of drug-likeness (QED) is 0.476. The second kappa shape index (κ2) is 8.78. The number of hydrogen-bond donors (Lipinski definition) is 1. The van der Waals surface area contributed by atoms with Gasteiger partial charge < -0.3 is 23.8 Å². The minimum Gasteiger partial charge on any atom is -0.493 e. The van der Waals surface area contributed by atoms with Gasteiger partial charge in [-0.3, -0.25) is 4.79 Å². The lowest BCUT2D eigenvalue weighted by molar-refractivity contribution is 0.0945. The Bertz CT molecular complexity index is 1140. The molecule has 0 bridgehead atoms. The molecule has 0 aliphatic heterocycles. The number of amides is 1. The number of fused-ring (bicyclic) bond motifs is 1. The lowest BCUT2D eigenvalue weighted by atomic mass is 10.1. The van der Waals surface area contributed by atoms with Crippen molar-refractivity contribution in [1.82, 2.24) is 9.88 Å². The van der Waals surface area contributed by atoms with Crippen LogP contribution in [0.4, 0.5) is 0 Å². The van der Waals surface area contributed by atoms with Crippen LogP contribution in [0.2, 0.25) is 0 Å². The fraction of sp³-hybridized carbons (Fsp3) is 0.208. The van der Waals surface area contributed by atoms with Gasteiger partial charge in [-0.15, -0.1) is 0 Å². The first-order chi connectivity index (χ1) is 14.7. The molecule has 4 aromatic rings. The second-order valence-corrected chi connectivity index (χ2v) is 6.97. The number of methoxy groups -OCH3 is 2. The first-order valence-electron chi connectivity index (χ1n) is 9.79. The lowest BCUT2D eigenvalue weighted by Crippen LogP contribution is -2.28. The molecular weight excluding hydrogens is 380 g/mol. The summed E-state index contributed by atoms with van der Waals surface area (Å²) in [4.78, 5) is 12.9. The van der Waals surface area contributed by atoms with E-state index in [4.69, 9.17) is 13.9 Å². The van der Waals surface area contributed by atoms with Crippen LogP contribution >= 0.6 is 0 Å². The predicted molar refractivity (Wildman–Crippen MR) is 115 cm³/mol. The largest absolute Gasteiger partial charge is 0.493 e. The van der Waals surface area contributed by atoms with E-state index in [2.05, 4.69) is 5.32 Å². The third-order valence-corrected chi connectivity index (χ3v) is 5.09. The molecule has 0 fully saturated rings. The van der Waals surface area contributed by atoms with Crippen molar-refractivity contribution in [3.05, 3.63) is 83.7 Å². The molecule has 6 heteroatoms. The average molecular weight is 404 g/mol. The molecule has 1 amide bonds. The maximum atomic E-state index is 12.9. The summed E-state index contributed by atoms with van der Waals surface area (Å²) in [6, 6.07) is 19.5. The van der Waals surface area contributed by atoms with Crippen LogP contribution in [-0.2, 0) is 13.0 Å². The molecule has 0 saturated carbocycles. The summed E-state index contributed by atoms with van der Waals surface area (Å²) >= 11 is 0. The highest BCUT2D eigenvalue weighted by Gasteiger charge is 2.17. The maximum absolute atomic E-state index is 12.9. The predicted octanol–water partition coefficient (Wildman–Crippen LogP) is 4.27. The van der Waals surface area contributed by atoms with Crippen molar-refractivity contribution >= 4 is 17.0 Å². The molecule has 0 aliphatic carbocycles. The van der Waals surface area contributed by atoms with Gasteiger partial charge in [0.2, 0.25) is 0 Å². The number of furan rings is 1. The lowest BCUT2D eigenvalue weighted by Gasteiger charge is -2.12. The number of nitrogens with one attached hydrogen (secondary N) is 1. The molecule has 1 N–H and O–H groups in total. The number of nitrogens with zero attached hydrogens (tertiary/aromatic N) is 1. The average Bonchev–Trinajstić information content (AvgIpc) is 3.37. The van der Waals surface area contributed by atoms with Crippen LogP contribution in [-0.4, -0.2) is 31.2 Å². The van der Waals surface area contributed by atoms with Gasteiger partial charge in [-0.25, -0.2) is 0 Å². The summed E-state index contributed by atoms with van der Waals surface area (Å²) < 4.78 is 18.1. The summed E-state index contributed by atoms with van der Waals surface area (Å²) in [6.45, 7) is 1.11. The van der Waals surface area contributed by atoms with Crippen LogP contribution in [0.5, 0.6) is 11.5 Å². The number of benzene rings is 2. The van der Waals surface area contributed by atoms with E-state index in [-0.39, 0.29) is 5.91 Å². The van der Waals surface area contributed by atoms with E-state index in [1.807, 2.05) is 59.2 Å². The van der Waals surface area contributed by atoms with Gasteiger partial charge >= 0.3 is 0 Å². The summed E-state index contributed by atoms with van der Waals surface area (Å²) in [5.74, 6) is 1.24. The molecule has 30 heavy (non-hydrogen) atoms. The number of carbonyl (C=O) groups excluding carboxylic acids is 1. The summed E-state index contributed by atoms with van der Waals surface area (Å²) in [5, 5.41) is 3.02. The number of ether oxygens (including phenoxy) is 2. The summed E-state index contributed by atoms with van der Waals surface area (Å²) in [5.41, 5.74) is 4.37. The zero-order valence-corrected chi connectivity index (χ0v) is 17.1. The normalized spacial score (nSPS) is 10.9. The Hall–Kier alpha value is -3.67. The molecule has 0 unspecified atom stereocenters. The van der Waals surface area contributed by atoms with Crippen molar-refractivity contribution in [1.29, 1.82) is 0 Å². The van der Waals surface area contributed by atoms with Crippen molar-refractivity contribution in [3.63, 3.8) is 0 Å². The molecule has 0 saturated heterocycles. The van der Waals surface area contributed by atoms with Crippen LogP contribution in [0.3, 0.4) is 0 Å². The number of carbonyl (C=O) groups is 1. The maximum Gasteiger partial charge on any atom is 0.268 e. The van der Waals surface area contributed by atoms with E-state index in [0.29, 0.717) is 42.3 Å². The molecular formula is C24H24N2O4. The van der Waals surface area contributed by atoms with E-state index in [1.54, 1.807) is 26.5 Å². The van der Waals surface area contributed by atoms with Gasteiger partial charge in [-0.1, -0.05) is 36.4 Å². The van der Waals surface area contributed by atoms with Gasteiger partial charge in [-0.2, -0.15) is 0 Å². The second-order valence-electron chi connectivity index (χ2n) is 6.97. The number of hydrogen-bond acceptors (Lipinski definition) is 4. The zero-order chi connectivity index (χ0) is 20.9. The summed E-state index contributed by atoms with van der Waals surface area (Å²) in [6.07, 6.45) is 2.33. The minimum absolute atomic E-state index is 0.127. The van der Waals surface area contributed by atoms with Crippen LogP contribution < -0.4 is 14.8 Å². The molecule has 0 radical (unpaired) electrons. The Kier molecular flexibility index (Phi) is 5.75. The molecule has 0 spiro atoms. The van der Waals surface area contributed by atoms with Crippen LogP contribution in [0.25, 0.3) is 11.1 Å². The van der Waals surface area contributed by atoms with Crippen LogP contribution in [0.1, 0.15) is 21.6 Å². The van der Waals surface area contributed by atoms with Crippen molar-refractivity contribution in [2.24, 2.45) is 0 Å². The third-order valence-electron chi connectivity index (χ3n) is 5.09. The molecule has 0 atom stereocenters. The molecule has 0 aliphatic rings. The standard InChI is InChI=1S/C24H24N2O4/c1-28-21-9-8-17(14-23(21)29-2)10-12-25-24(27)20-15-22-19(11-13-30-22)26(20)16-18-6-4-3-5-7-18/h3-9,11,13-15H,10,12,16H2,1-2H3,(H,25,27). The minimum atomic E-state index is -0.127. The Labute approximate surface area is 175 Å². The Balaban J connectivity index is 1.47. The number of aromatic nitrogens is 1. The van der Waals surface area contributed by atoms with Gasteiger partial charge in [0.25, 0.3) is 5.91 Å². The van der Waals surface area contributed by atoms with Gasteiger partial charge in [-0.05, 0) is 29.7 Å². The van der Waals surface area contributed by atoms with Crippen LogP contribution in [0, 0.1) is 0 Å². The molecule has 6 nitrogen and oxygen atoms in total. The van der Waals surface area contributed by atoms with Crippen molar-refractivity contribution in [2.45, 2.75) is 13.0 Å². The van der Waals surface area contributed by atoms with Crippen molar-refractivity contribution in [3.8, 4) is 11.5 Å². The fourth-order valence-electron chi connectivity index (χ4n) is 3.55. The molecule has 154 valence electrons. The molecule has 2 heterocycles.